The first-order valence-electron chi connectivity index (χ1n) is 7.19. The van der Waals surface area contributed by atoms with E-state index in [1.807, 2.05) is 13.0 Å². The number of benzene rings is 1. The molecule has 0 aromatic heterocycles. The quantitative estimate of drug-likeness (QED) is 0.903. The third kappa shape index (κ3) is 2.60. The molecule has 2 aliphatic heterocycles. The summed E-state index contributed by atoms with van der Waals surface area (Å²) in [5, 5.41) is 0.834. The van der Waals surface area contributed by atoms with Crippen LogP contribution in [0.4, 0.5) is 5.69 Å². The second-order valence-corrected chi connectivity index (χ2v) is 6.18. The van der Waals surface area contributed by atoms with Crippen molar-refractivity contribution >= 4 is 17.3 Å². The highest BCUT2D eigenvalue weighted by atomic mass is 35.5. The molecule has 1 aromatic carbocycles. The molecule has 0 aliphatic carbocycles. The molecule has 2 heterocycles. The van der Waals surface area contributed by atoms with Gasteiger partial charge in [0, 0.05) is 31.7 Å². The second kappa shape index (κ2) is 5.31. The van der Waals surface area contributed by atoms with Crippen LogP contribution in [-0.4, -0.2) is 37.1 Å². The molecular weight excluding hydrogens is 258 g/mol. The molecule has 3 rings (SSSR count). The van der Waals surface area contributed by atoms with Crippen molar-refractivity contribution in [3.05, 3.63) is 28.8 Å². The minimum absolute atomic E-state index is 0.0400. The number of halogens is 1. The van der Waals surface area contributed by atoms with Gasteiger partial charge in [0.2, 0.25) is 0 Å². The van der Waals surface area contributed by atoms with Gasteiger partial charge in [0.25, 0.3) is 0 Å². The molecule has 2 fully saturated rings. The average molecular weight is 280 g/mol. The van der Waals surface area contributed by atoms with E-state index < -0.39 is 0 Å². The van der Waals surface area contributed by atoms with Crippen LogP contribution < -0.4 is 10.6 Å². The van der Waals surface area contributed by atoms with E-state index in [1.165, 1.54) is 19.4 Å². The Hall–Kier alpha value is -0.770. The molecule has 0 bridgehead atoms. The lowest BCUT2D eigenvalue weighted by Crippen LogP contribution is -2.50. The van der Waals surface area contributed by atoms with E-state index in [-0.39, 0.29) is 6.04 Å². The van der Waals surface area contributed by atoms with Gasteiger partial charge < -0.3 is 10.6 Å². The number of hydrogen-bond acceptors (Lipinski definition) is 3. The van der Waals surface area contributed by atoms with E-state index in [0.29, 0.717) is 0 Å². The highest BCUT2D eigenvalue weighted by molar-refractivity contribution is 6.33. The van der Waals surface area contributed by atoms with Gasteiger partial charge in [-0.05, 0) is 44.0 Å². The number of anilines is 1. The van der Waals surface area contributed by atoms with Gasteiger partial charge in [-0.25, -0.2) is 0 Å². The number of rotatable bonds is 2. The summed E-state index contributed by atoms with van der Waals surface area (Å²) in [6, 6.07) is 7.01. The Morgan fingerprint density at radius 1 is 1.32 bits per heavy atom. The smallest absolute Gasteiger partial charge is 0.0642 e. The first kappa shape index (κ1) is 13.2. The predicted molar refractivity (Wildman–Crippen MR) is 80.9 cm³/mol. The van der Waals surface area contributed by atoms with Crippen molar-refractivity contribution in [3.63, 3.8) is 0 Å². The fourth-order valence-corrected chi connectivity index (χ4v) is 3.58. The van der Waals surface area contributed by atoms with Crippen LogP contribution >= 0.6 is 11.6 Å². The summed E-state index contributed by atoms with van der Waals surface area (Å²) in [6.45, 7) is 6.61. The molecule has 104 valence electrons. The first-order valence-corrected chi connectivity index (χ1v) is 7.57. The number of nitrogens with zero attached hydrogens (tertiary/aromatic N) is 2. The molecule has 3 nitrogen and oxygen atoms in total. The third-order valence-corrected chi connectivity index (χ3v) is 4.73. The Morgan fingerprint density at radius 2 is 2.16 bits per heavy atom. The molecule has 2 atom stereocenters. The van der Waals surface area contributed by atoms with Crippen molar-refractivity contribution < 1.29 is 0 Å². The largest absolute Gasteiger partial charge is 0.367 e. The highest BCUT2D eigenvalue weighted by Crippen LogP contribution is 2.32. The van der Waals surface area contributed by atoms with Crippen LogP contribution in [-0.2, 0) is 0 Å². The number of piperazine rings is 1. The van der Waals surface area contributed by atoms with E-state index in [9.17, 15) is 0 Å². The van der Waals surface area contributed by atoms with Crippen LogP contribution in [0.2, 0.25) is 5.02 Å². The molecule has 0 spiro atoms. The second-order valence-electron chi connectivity index (χ2n) is 5.78. The van der Waals surface area contributed by atoms with Crippen molar-refractivity contribution in [1.29, 1.82) is 0 Å². The molecule has 2 N–H and O–H groups in total. The van der Waals surface area contributed by atoms with Crippen molar-refractivity contribution in [2.45, 2.75) is 31.8 Å². The van der Waals surface area contributed by atoms with Gasteiger partial charge in [-0.3, -0.25) is 4.90 Å². The lowest BCUT2D eigenvalue weighted by molar-refractivity contribution is 0.231. The normalized spacial score (nSPS) is 25.4. The maximum Gasteiger partial charge on any atom is 0.0642 e. The Labute approximate surface area is 120 Å². The minimum atomic E-state index is 0.0400. The summed E-state index contributed by atoms with van der Waals surface area (Å²) < 4.78 is 0. The van der Waals surface area contributed by atoms with E-state index in [2.05, 4.69) is 21.9 Å². The zero-order valence-corrected chi connectivity index (χ0v) is 12.2. The number of fused-ring (bicyclic) bond motifs is 1. The number of hydrogen-bond donors (Lipinski definition) is 1. The van der Waals surface area contributed by atoms with Gasteiger partial charge in [-0.1, -0.05) is 17.7 Å². The maximum atomic E-state index is 6.44. The summed E-state index contributed by atoms with van der Waals surface area (Å²) >= 11 is 6.44. The SMILES string of the molecule is C[C@H](N)c1ccc(N2CCN3CCCC3C2)c(Cl)c1. The average Bonchev–Trinajstić information content (AvgIpc) is 2.85. The summed E-state index contributed by atoms with van der Waals surface area (Å²) in [4.78, 5) is 5.04. The van der Waals surface area contributed by atoms with Crippen LogP contribution in [0.1, 0.15) is 31.4 Å². The fraction of sp³-hybridized carbons (Fsp3) is 0.600. The Kier molecular flexibility index (Phi) is 3.70. The standard InChI is InChI=1S/C15H22ClN3/c1-11(17)12-4-5-15(14(16)9-12)19-8-7-18-6-2-3-13(18)10-19/h4-5,9,11,13H,2-3,6-8,10,17H2,1H3/t11-,13?/m0/s1. The fourth-order valence-electron chi connectivity index (χ4n) is 3.27. The Balaban J connectivity index is 1.78. The molecule has 1 unspecified atom stereocenters. The molecule has 19 heavy (non-hydrogen) atoms. The molecule has 0 saturated carbocycles. The van der Waals surface area contributed by atoms with Gasteiger partial charge in [0.1, 0.15) is 0 Å². The van der Waals surface area contributed by atoms with Crippen LogP contribution in [0, 0.1) is 0 Å². The Bertz CT molecular complexity index is 461. The third-order valence-electron chi connectivity index (χ3n) is 4.43. The molecule has 0 radical (unpaired) electrons. The van der Waals surface area contributed by atoms with Gasteiger partial charge in [-0.15, -0.1) is 0 Å². The molecule has 2 aliphatic rings. The highest BCUT2D eigenvalue weighted by Gasteiger charge is 2.31. The summed E-state index contributed by atoms with van der Waals surface area (Å²) in [6.07, 6.45) is 2.67. The summed E-state index contributed by atoms with van der Waals surface area (Å²) in [7, 11) is 0. The van der Waals surface area contributed by atoms with E-state index in [1.54, 1.807) is 0 Å². The van der Waals surface area contributed by atoms with Gasteiger partial charge in [0.15, 0.2) is 0 Å². The molecular formula is C15H22ClN3. The molecule has 1 aromatic rings. The summed E-state index contributed by atoms with van der Waals surface area (Å²) in [5.41, 5.74) is 8.17. The van der Waals surface area contributed by atoms with E-state index >= 15 is 0 Å². The number of nitrogens with two attached hydrogens (primary N) is 1. The van der Waals surface area contributed by atoms with Gasteiger partial charge >= 0.3 is 0 Å². The van der Waals surface area contributed by atoms with Crippen molar-refractivity contribution in [2.75, 3.05) is 31.1 Å². The van der Waals surface area contributed by atoms with Crippen LogP contribution in [0.15, 0.2) is 18.2 Å². The van der Waals surface area contributed by atoms with Crippen molar-refractivity contribution in [2.24, 2.45) is 5.73 Å². The predicted octanol–water partition coefficient (Wildman–Crippen LogP) is 2.64. The van der Waals surface area contributed by atoms with Crippen LogP contribution in [0.3, 0.4) is 0 Å². The zero-order valence-electron chi connectivity index (χ0n) is 11.5. The van der Waals surface area contributed by atoms with Crippen molar-refractivity contribution in [3.8, 4) is 0 Å². The van der Waals surface area contributed by atoms with Gasteiger partial charge in [0.05, 0.1) is 10.7 Å². The zero-order chi connectivity index (χ0) is 13.4. The monoisotopic (exact) mass is 279 g/mol. The van der Waals surface area contributed by atoms with E-state index in [0.717, 1.165) is 41.9 Å². The molecule has 4 heteroatoms. The molecule has 2 saturated heterocycles. The lowest BCUT2D eigenvalue weighted by Gasteiger charge is -2.39. The maximum absolute atomic E-state index is 6.44. The van der Waals surface area contributed by atoms with E-state index in [4.69, 9.17) is 17.3 Å². The van der Waals surface area contributed by atoms with Gasteiger partial charge in [-0.2, -0.15) is 0 Å². The van der Waals surface area contributed by atoms with Crippen LogP contribution in [0.5, 0.6) is 0 Å². The van der Waals surface area contributed by atoms with Crippen molar-refractivity contribution in [1.82, 2.24) is 4.90 Å². The first-order chi connectivity index (χ1) is 9.15. The van der Waals surface area contributed by atoms with Crippen LogP contribution in [0.25, 0.3) is 0 Å². The lowest BCUT2D eigenvalue weighted by atomic mass is 10.1. The molecule has 0 amide bonds. The minimum Gasteiger partial charge on any atom is -0.367 e. The topological polar surface area (TPSA) is 32.5 Å². The Morgan fingerprint density at radius 3 is 2.89 bits per heavy atom. The summed E-state index contributed by atoms with van der Waals surface area (Å²) in [5.74, 6) is 0.